The molecule has 0 radical (unpaired) electrons. The van der Waals surface area contributed by atoms with Crippen LogP contribution in [0.5, 0.6) is 5.88 Å². The Hall–Kier alpha value is -3.06. The van der Waals surface area contributed by atoms with E-state index in [0.717, 1.165) is 18.5 Å². The Kier molecular flexibility index (Phi) is 5.38. The van der Waals surface area contributed by atoms with Gasteiger partial charge in [0.05, 0.1) is 12.8 Å². The number of para-hydroxylation sites is 1. The van der Waals surface area contributed by atoms with Crippen molar-refractivity contribution in [3.8, 4) is 5.88 Å². The highest BCUT2D eigenvalue weighted by atomic mass is 16.6. The summed E-state index contributed by atoms with van der Waals surface area (Å²) in [6.07, 6.45) is 7.11. The van der Waals surface area contributed by atoms with Crippen LogP contribution in [-0.2, 0) is 11.3 Å². The van der Waals surface area contributed by atoms with Gasteiger partial charge in [-0.3, -0.25) is 5.21 Å². The van der Waals surface area contributed by atoms with Crippen molar-refractivity contribution in [3.63, 3.8) is 0 Å². The van der Waals surface area contributed by atoms with Crippen LogP contribution in [0.25, 0.3) is 5.70 Å². The lowest BCUT2D eigenvalue weighted by molar-refractivity contribution is 0.140. The second-order valence-corrected chi connectivity index (χ2v) is 5.97. The maximum atomic E-state index is 11.5. The van der Waals surface area contributed by atoms with Gasteiger partial charge < -0.3 is 9.47 Å². The van der Waals surface area contributed by atoms with Gasteiger partial charge in [-0.15, -0.1) is 5.10 Å². The molecule has 0 fully saturated rings. The molecular formula is C19H21N3O4. The Morgan fingerprint density at radius 3 is 2.81 bits per heavy atom. The van der Waals surface area contributed by atoms with Gasteiger partial charge in [-0.25, -0.2) is 9.48 Å². The standard InChI is InChI=1S/C19H21N3O4/c1-14-7-9-16(10-8-14)21-12-11-18(20-21)26-13-15-5-3-4-6-17(15)22(24)19(23)25-2/h3-7,9,11-12,24H,8,10,13H2,1-2H3. The largest absolute Gasteiger partial charge is 0.472 e. The minimum absolute atomic E-state index is 0.152. The average Bonchev–Trinajstić information content (AvgIpc) is 3.15. The Balaban J connectivity index is 1.70. The number of ether oxygens (including phenoxy) is 2. The number of methoxy groups -OCH3 is 1. The van der Waals surface area contributed by atoms with Crippen LogP contribution in [0.4, 0.5) is 10.5 Å². The molecule has 0 saturated carbocycles. The van der Waals surface area contributed by atoms with Crippen LogP contribution in [0.15, 0.2) is 54.3 Å². The third kappa shape index (κ3) is 3.94. The van der Waals surface area contributed by atoms with Gasteiger partial charge in [0.15, 0.2) is 0 Å². The average molecular weight is 355 g/mol. The monoisotopic (exact) mass is 355 g/mol. The highest BCUT2D eigenvalue weighted by Crippen LogP contribution is 2.24. The van der Waals surface area contributed by atoms with Gasteiger partial charge in [-0.1, -0.05) is 29.8 Å². The van der Waals surface area contributed by atoms with Crippen molar-refractivity contribution in [2.45, 2.75) is 26.4 Å². The predicted octanol–water partition coefficient (Wildman–Crippen LogP) is 4.01. The maximum absolute atomic E-state index is 11.5. The summed E-state index contributed by atoms with van der Waals surface area (Å²) in [5.74, 6) is 0.467. The molecule has 1 aliphatic carbocycles. The van der Waals surface area contributed by atoms with Crippen molar-refractivity contribution in [2.24, 2.45) is 0 Å². The molecular weight excluding hydrogens is 334 g/mol. The second kappa shape index (κ2) is 7.88. The molecule has 26 heavy (non-hydrogen) atoms. The number of allylic oxidation sites excluding steroid dienone is 4. The van der Waals surface area contributed by atoms with E-state index in [0.29, 0.717) is 22.2 Å². The molecule has 1 amide bonds. The fourth-order valence-electron chi connectivity index (χ4n) is 2.64. The number of hydroxylamine groups is 1. The molecule has 1 heterocycles. The Labute approximate surface area is 151 Å². The molecule has 2 aromatic rings. The number of amides is 1. The zero-order valence-corrected chi connectivity index (χ0v) is 14.8. The van der Waals surface area contributed by atoms with Gasteiger partial charge in [0.2, 0.25) is 5.88 Å². The summed E-state index contributed by atoms with van der Waals surface area (Å²) in [6.45, 7) is 2.26. The maximum Gasteiger partial charge on any atom is 0.438 e. The molecule has 0 saturated heterocycles. The first-order chi connectivity index (χ1) is 12.6. The van der Waals surface area contributed by atoms with Gasteiger partial charge in [-0.2, -0.15) is 5.06 Å². The fourth-order valence-corrected chi connectivity index (χ4v) is 2.64. The van der Waals surface area contributed by atoms with Crippen LogP contribution >= 0.6 is 0 Å². The topological polar surface area (TPSA) is 76.8 Å². The van der Waals surface area contributed by atoms with Crippen LogP contribution in [0, 0.1) is 0 Å². The highest BCUT2D eigenvalue weighted by Gasteiger charge is 2.17. The van der Waals surface area contributed by atoms with Gasteiger partial charge in [0.25, 0.3) is 0 Å². The SMILES string of the molecule is COC(=O)N(O)c1ccccc1COc1ccn(C2=CC=C(C)CC2)n1. The highest BCUT2D eigenvalue weighted by molar-refractivity contribution is 5.85. The van der Waals surface area contributed by atoms with E-state index in [1.807, 2.05) is 6.20 Å². The smallest absolute Gasteiger partial charge is 0.438 e. The van der Waals surface area contributed by atoms with Crippen molar-refractivity contribution >= 4 is 17.5 Å². The van der Waals surface area contributed by atoms with Crippen LogP contribution in [0.2, 0.25) is 0 Å². The van der Waals surface area contributed by atoms with Crippen LogP contribution in [-0.4, -0.2) is 28.2 Å². The molecule has 1 aliphatic rings. The van der Waals surface area contributed by atoms with E-state index >= 15 is 0 Å². The van der Waals surface area contributed by atoms with Gasteiger partial charge in [-0.05, 0) is 31.9 Å². The number of rotatable bonds is 5. The molecule has 1 aromatic heterocycles. The molecule has 0 bridgehead atoms. The number of carbonyl (C=O) groups is 1. The molecule has 7 nitrogen and oxygen atoms in total. The zero-order chi connectivity index (χ0) is 18.5. The van der Waals surface area contributed by atoms with Crippen LogP contribution < -0.4 is 9.80 Å². The van der Waals surface area contributed by atoms with Crippen molar-refractivity contribution in [2.75, 3.05) is 12.2 Å². The summed E-state index contributed by atoms with van der Waals surface area (Å²) >= 11 is 0. The first kappa shape index (κ1) is 17.8. The minimum Gasteiger partial charge on any atom is -0.472 e. The fraction of sp³-hybridized carbons (Fsp3) is 0.263. The van der Waals surface area contributed by atoms with Crippen LogP contribution in [0.3, 0.4) is 0 Å². The lowest BCUT2D eigenvalue weighted by Crippen LogP contribution is -2.27. The minimum atomic E-state index is -0.866. The lowest BCUT2D eigenvalue weighted by atomic mass is 10.0. The first-order valence-corrected chi connectivity index (χ1v) is 8.28. The van der Waals surface area contributed by atoms with E-state index in [1.165, 1.54) is 12.7 Å². The van der Waals surface area contributed by atoms with Crippen LogP contribution in [0.1, 0.15) is 25.3 Å². The van der Waals surface area contributed by atoms with Gasteiger partial charge in [0, 0.05) is 23.5 Å². The molecule has 0 spiro atoms. The number of carbonyl (C=O) groups excluding carboxylic acids is 1. The predicted molar refractivity (Wildman–Crippen MR) is 96.9 cm³/mol. The third-order valence-electron chi connectivity index (χ3n) is 4.14. The molecule has 1 N–H and O–H groups in total. The molecule has 7 heteroatoms. The van der Waals surface area contributed by atoms with Crippen molar-refractivity contribution < 1.29 is 19.5 Å². The van der Waals surface area contributed by atoms with E-state index in [2.05, 4.69) is 28.9 Å². The summed E-state index contributed by atoms with van der Waals surface area (Å²) in [6, 6.07) is 8.66. The van der Waals surface area contributed by atoms with E-state index in [9.17, 15) is 10.0 Å². The lowest BCUT2D eigenvalue weighted by Gasteiger charge is -2.17. The summed E-state index contributed by atoms with van der Waals surface area (Å²) in [4.78, 5) is 11.5. The third-order valence-corrected chi connectivity index (χ3v) is 4.14. The number of nitrogens with zero attached hydrogens (tertiary/aromatic N) is 3. The summed E-state index contributed by atoms with van der Waals surface area (Å²) < 4.78 is 12.1. The van der Waals surface area contributed by atoms with Crippen molar-refractivity contribution in [1.29, 1.82) is 0 Å². The number of anilines is 1. The first-order valence-electron chi connectivity index (χ1n) is 8.28. The Morgan fingerprint density at radius 1 is 1.27 bits per heavy atom. The zero-order valence-electron chi connectivity index (χ0n) is 14.8. The molecule has 3 rings (SSSR count). The van der Waals surface area contributed by atoms with E-state index in [4.69, 9.17) is 4.74 Å². The van der Waals surface area contributed by atoms with E-state index in [1.54, 1.807) is 35.0 Å². The molecule has 0 atom stereocenters. The molecule has 1 aromatic carbocycles. The second-order valence-electron chi connectivity index (χ2n) is 5.97. The van der Waals surface area contributed by atoms with Gasteiger partial charge >= 0.3 is 6.09 Å². The van der Waals surface area contributed by atoms with E-state index < -0.39 is 6.09 Å². The molecule has 0 aliphatic heterocycles. The quantitative estimate of drug-likeness (QED) is 0.648. The Morgan fingerprint density at radius 2 is 2.08 bits per heavy atom. The van der Waals surface area contributed by atoms with Crippen molar-refractivity contribution in [3.05, 3.63) is 59.8 Å². The molecule has 0 unspecified atom stereocenters. The number of hydrogen-bond donors (Lipinski definition) is 1. The summed E-state index contributed by atoms with van der Waals surface area (Å²) in [5.41, 5.74) is 3.39. The summed E-state index contributed by atoms with van der Waals surface area (Å²) in [7, 11) is 1.20. The van der Waals surface area contributed by atoms with E-state index in [-0.39, 0.29) is 6.61 Å². The number of hydrogen-bond acceptors (Lipinski definition) is 5. The van der Waals surface area contributed by atoms with Crippen molar-refractivity contribution in [1.82, 2.24) is 9.78 Å². The number of benzene rings is 1. The Bertz CT molecular complexity index is 854. The number of aromatic nitrogens is 2. The summed E-state index contributed by atoms with van der Waals surface area (Å²) in [5, 5.41) is 14.8. The normalized spacial score (nSPS) is 13.7. The molecule has 136 valence electrons. The van der Waals surface area contributed by atoms with Gasteiger partial charge in [0.1, 0.15) is 6.61 Å².